The molecule has 1 aromatic heterocycles. The van der Waals surface area contributed by atoms with Gasteiger partial charge in [0, 0.05) is 12.1 Å². The van der Waals surface area contributed by atoms with Gasteiger partial charge in [0.2, 0.25) is 0 Å². The van der Waals surface area contributed by atoms with E-state index >= 15 is 0 Å². The van der Waals surface area contributed by atoms with Crippen molar-refractivity contribution in [3.63, 3.8) is 0 Å². The molecule has 0 radical (unpaired) electrons. The van der Waals surface area contributed by atoms with E-state index in [1.54, 1.807) is 0 Å². The highest BCUT2D eigenvalue weighted by atomic mass is 16.3. The van der Waals surface area contributed by atoms with E-state index in [1.165, 1.54) is 16.3 Å². The molecule has 0 aliphatic heterocycles. The Labute approximate surface area is 130 Å². The van der Waals surface area contributed by atoms with Crippen molar-refractivity contribution in [3.8, 4) is 0 Å². The summed E-state index contributed by atoms with van der Waals surface area (Å²) in [7, 11) is 0. The van der Waals surface area contributed by atoms with E-state index in [2.05, 4.69) is 59.8 Å². The molecule has 4 heteroatoms. The number of anilines is 1. The maximum atomic E-state index is 9.16. The van der Waals surface area contributed by atoms with E-state index in [-0.39, 0.29) is 6.61 Å². The summed E-state index contributed by atoms with van der Waals surface area (Å²) in [6, 6.07) is 14.9. The normalized spacial score (nSPS) is 11.0. The number of rotatable bonds is 5. The van der Waals surface area contributed by atoms with E-state index in [0.29, 0.717) is 6.54 Å². The summed E-state index contributed by atoms with van der Waals surface area (Å²) in [5, 5.41) is 19.6. The van der Waals surface area contributed by atoms with E-state index in [0.717, 1.165) is 23.6 Å². The quantitative estimate of drug-likeness (QED) is 0.759. The molecule has 1 heterocycles. The lowest BCUT2D eigenvalue weighted by Gasteiger charge is -2.11. The lowest BCUT2D eigenvalue weighted by molar-refractivity contribution is 0.270. The van der Waals surface area contributed by atoms with Crippen molar-refractivity contribution in [1.29, 1.82) is 0 Å². The molecule has 0 spiro atoms. The van der Waals surface area contributed by atoms with Crippen molar-refractivity contribution in [1.82, 2.24) is 9.78 Å². The third-order valence-corrected chi connectivity index (χ3v) is 4.01. The molecule has 0 aliphatic rings. The Morgan fingerprint density at radius 2 is 1.86 bits per heavy atom. The molecule has 4 nitrogen and oxygen atoms in total. The molecular weight excluding hydrogens is 274 g/mol. The summed E-state index contributed by atoms with van der Waals surface area (Å²) in [5.41, 5.74) is 3.36. The number of aromatic nitrogens is 2. The summed E-state index contributed by atoms with van der Waals surface area (Å²) >= 11 is 0. The zero-order valence-electron chi connectivity index (χ0n) is 13.0. The highest BCUT2D eigenvalue weighted by molar-refractivity contribution is 5.83. The first-order chi connectivity index (χ1) is 10.7. The van der Waals surface area contributed by atoms with Gasteiger partial charge in [-0.3, -0.25) is 0 Å². The van der Waals surface area contributed by atoms with Gasteiger partial charge in [0.05, 0.1) is 18.8 Å². The molecule has 3 aromatic rings. The number of nitrogens with one attached hydrogen (secondary N) is 1. The van der Waals surface area contributed by atoms with Gasteiger partial charge in [-0.15, -0.1) is 0 Å². The van der Waals surface area contributed by atoms with E-state index in [9.17, 15) is 0 Å². The van der Waals surface area contributed by atoms with E-state index < -0.39 is 0 Å². The third-order valence-electron chi connectivity index (χ3n) is 4.01. The second-order valence-corrected chi connectivity index (χ2v) is 5.54. The van der Waals surface area contributed by atoms with Crippen molar-refractivity contribution in [2.45, 2.75) is 26.9 Å². The average molecular weight is 295 g/mol. The molecule has 0 unspecified atom stereocenters. The zero-order chi connectivity index (χ0) is 15.5. The van der Waals surface area contributed by atoms with Crippen molar-refractivity contribution in [2.75, 3.05) is 11.9 Å². The molecule has 3 rings (SSSR count). The first-order valence-electron chi connectivity index (χ1n) is 7.55. The Morgan fingerprint density at radius 1 is 1.09 bits per heavy atom. The number of aliphatic hydroxyl groups excluding tert-OH is 1. The van der Waals surface area contributed by atoms with E-state index in [4.69, 9.17) is 5.11 Å². The van der Waals surface area contributed by atoms with Gasteiger partial charge in [0.1, 0.15) is 5.82 Å². The summed E-state index contributed by atoms with van der Waals surface area (Å²) in [5.74, 6) is 0.986. The van der Waals surface area contributed by atoms with Crippen molar-refractivity contribution in [3.05, 3.63) is 59.3 Å². The number of benzene rings is 2. The number of fused-ring (bicyclic) bond motifs is 1. The maximum absolute atomic E-state index is 9.16. The van der Waals surface area contributed by atoms with Crippen LogP contribution in [0.25, 0.3) is 10.8 Å². The minimum absolute atomic E-state index is 0.0885. The van der Waals surface area contributed by atoms with Crippen LogP contribution in [0.4, 0.5) is 5.82 Å². The molecule has 0 bridgehead atoms. The number of hydrogen-bond acceptors (Lipinski definition) is 3. The Balaban J connectivity index is 1.81. The first-order valence-corrected chi connectivity index (χ1v) is 7.55. The second-order valence-electron chi connectivity index (χ2n) is 5.54. The molecule has 0 saturated heterocycles. The van der Waals surface area contributed by atoms with Gasteiger partial charge in [-0.25, -0.2) is 4.68 Å². The Hall–Kier alpha value is -2.33. The predicted octanol–water partition coefficient (Wildman–Crippen LogP) is 3.26. The number of aryl methyl sites for hydroxylation is 1. The van der Waals surface area contributed by atoms with Crippen molar-refractivity contribution in [2.24, 2.45) is 0 Å². The average Bonchev–Trinajstić information content (AvgIpc) is 2.80. The van der Waals surface area contributed by atoms with Gasteiger partial charge in [0.25, 0.3) is 0 Å². The second kappa shape index (κ2) is 6.20. The van der Waals surface area contributed by atoms with Crippen LogP contribution in [0, 0.1) is 13.8 Å². The van der Waals surface area contributed by atoms with Crippen LogP contribution in [0.15, 0.2) is 42.5 Å². The van der Waals surface area contributed by atoms with Gasteiger partial charge >= 0.3 is 0 Å². The molecule has 114 valence electrons. The van der Waals surface area contributed by atoms with Crippen LogP contribution in [0.1, 0.15) is 16.8 Å². The lowest BCUT2D eigenvalue weighted by atomic mass is 10.1. The van der Waals surface area contributed by atoms with Gasteiger partial charge < -0.3 is 10.4 Å². The van der Waals surface area contributed by atoms with Crippen LogP contribution in [-0.4, -0.2) is 21.5 Å². The van der Waals surface area contributed by atoms with Crippen LogP contribution in [0.3, 0.4) is 0 Å². The highest BCUT2D eigenvalue weighted by Crippen LogP contribution is 2.20. The topological polar surface area (TPSA) is 50.1 Å². The summed E-state index contributed by atoms with van der Waals surface area (Å²) in [6.45, 7) is 5.38. The maximum Gasteiger partial charge on any atom is 0.127 e. The van der Waals surface area contributed by atoms with Crippen molar-refractivity contribution >= 4 is 16.6 Å². The molecule has 0 saturated carbocycles. The zero-order valence-corrected chi connectivity index (χ0v) is 13.0. The van der Waals surface area contributed by atoms with Gasteiger partial charge in [-0.05, 0) is 36.2 Å². The fraction of sp³-hybridized carbons (Fsp3) is 0.278. The van der Waals surface area contributed by atoms with Gasteiger partial charge in [-0.2, -0.15) is 5.10 Å². The molecule has 0 fully saturated rings. The van der Waals surface area contributed by atoms with Crippen LogP contribution >= 0.6 is 0 Å². The van der Waals surface area contributed by atoms with Crippen LogP contribution < -0.4 is 5.32 Å². The van der Waals surface area contributed by atoms with Crippen LogP contribution in [0.2, 0.25) is 0 Å². The molecule has 2 aromatic carbocycles. The lowest BCUT2D eigenvalue weighted by Crippen LogP contribution is -2.10. The number of hydrogen-bond donors (Lipinski definition) is 2. The minimum atomic E-state index is 0.0885. The number of aliphatic hydroxyl groups is 1. The first kappa shape index (κ1) is 14.6. The standard InChI is InChI=1S/C18H21N3O/c1-13-14(2)20-21(9-10-22)18(13)19-12-15-7-8-16-5-3-4-6-17(16)11-15/h3-8,11,19,22H,9-10,12H2,1-2H3. The summed E-state index contributed by atoms with van der Waals surface area (Å²) in [6.07, 6.45) is 0. The largest absolute Gasteiger partial charge is 0.394 e. The van der Waals surface area contributed by atoms with E-state index in [1.807, 2.05) is 11.6 Å². The predicted molar refractivity (Wildman–Crippen MR) is 90.1 cm³/mol. The van der Waals surface area contributed by atoms with Gasteiger partial charge in [0.15, 0.2) is 0 Å². The molecular formula is C18H21N3O. The van der Waals surface area contributed by atoms with Crippen LogP contribution in [0.5, 0.6) is 0 Å². The molecule has 22 heavy (non-hydrogen) atoms. The molecule has 0 amide bonds. The smallest absolute Gasteiger partial charge is 0.127 e. The SMILES string of the molecule is Cc1nn(CCO)c(NCc2ccc3ccccc3c2)c1C. The fourth-order valence-corrected chi connectivity index (χ4v) is 2.69. The summed E-state index contributed by atoms with van der Waals surface area (Å²) in [4.78, 5) is 0. The molecule has 2 N–H and O–H groups in total. The van der Waals surface area contributed by atoms with Crippen LogP contribution in [-0.2, 0) is 13.1 Å². The minimum Gasteiger partial charge on any atom is -0.394 e. The molecule has 0 aliphatic carbocycles. The monoisotopic (exact) mass is 295 g/mol. The Kier molecular flexibility index (Phi) is 4.11. The van der Waals surface area contributed by atoms with Crippen molar-refractivity contribution < 1.29 is 5.11 Å². The summed E-state index contributed by atoms with van der Waals surface area (Å²) < 4.78 is 1.84. The fourth-order valence-electron chi connectivity index (χ4n) is 2.69. The third kappa shape index (κ3) is 2.83. The Morgan fingerprint density at radius 3 is 2.64 bits per heavy atom. The Bertz CT molecular complexity index is 792. The van der Waals surface area contributed by atoms with Gasteiger partial charge in [-0.1, -0.05) is 36.4 Å². The highest BCUT2D eigenvalue weighted by Gasteiger charge is 2.10. The number of nitrogens with zero attached hydrogens (tertiary/aromatic N) is 2. The molecule has 0 atom stereocenters.